The summed E-state index contributed by atoms with van der Waals surface area (Å²) in [7, 11) is 0. The molecule has 5 heteroatoms. The smallest absolute Gasteiger partial charge is 0.191 e. The molecule has 0 saturated carbocycles. The maximum absolute atomic E-state index is 6.03. The normalized spacial score (nSPS) is 16.1. The highest BCUT2D eigenvalue weighted by atomic mass is 127. The number of rotatable bonds is 2. The molecule has 0 unspecified atom stereocenters. The van der Waals surface area contributed by atoms with Gasteiger partial charge in [0.05, 0.1) is 11.6 Å². The number of benzene rings is 1. The molecule has 3 nitrogen and oxygen atoms in total. The van der Waals surface area contributed by atoms with E-state index in [0.29, 0.717) is 12.5 Å². The maximum atomic E-state index is 6.03. The van der Waals surface area contributed by atoms with Gasteiger partial charge in [0.1, 0.15) is 0 Å². The van der Waals surface area contributed by atoms with Crippen molar-refractivity contribution >= 4 is 40.2 Å². The van der Waals surface area contributed by atoms with E-state index in [0.717, 1.165) is 27.2 Å². The average Bonchev–Trinajstić information content (AvgIpc) is 2.17. The van der Waals surface area contributed by atoms with Crippen molar-refractivity contribution in [3.63, 3.8) is 0 Å². The lowest BCUT2D eigenvalue weighted by molar-refractivity contribution is 0.295. The summed E-state index contributed by atoms with van der Waals surface area (Å²) in [5.41, 5.74) is 6.93. The highest BCUT2D eigenvalue weighted by molar-refractivity contribution is 14.1. The van der Waals surface area contributed by atoms with Crippen LogP contribution >= 0.6 is 34.2 Å². The predicted octanol–water partition coefficient (Wildman–Crippen LogP) is 2.47. The second-order valence-electron chi connectivity index (χ2n) is 3.76. The Kier molecular flexibility index (Phi) is 3.91. The number of guanidine groups is 1. The molecule has 0 atom stereocenters. The van der Waals surface area contributed by atoms with Crippen LogP contribution in [0, 0.1) is 3.57 Å². The predicted molar refractivity (Wildman–Crippen MR) is 75.7 cm³/mol. The van der Waals surface area contributed by atoms with Crippen molar-refractivity contribution in [2.75, 3.05) is 13.1 Å². The first-order chi connectivity index (χ1) is 7.66. The zero-order chi connectivity index (χ0) is 11.5. The topological polar surface area (TPSA) is 41.6 Å². The summed E-state index contributed by atoms with van der Waals surface area (Å²) in [6, 6.07) is 5.96. The molecule has 0 spiro atoms. The molecule has 86 valence electrons. The third kappa shape index (κ3) is 2.79. The highest BCUT2D eigenvalue weighted by Crippen LogP contribution is 2.20. The SMILES string of the molecule is NC(=NCc1ccc(I)c(Cl)c1)N1CCC1. The van der Waals surface area contributed by atoms with Crippen molar-refractivity contribution < 1.29 is 0 Å². The van der Waals surface area contributed by atoms with E-state index in [1.54, 1.807) is 0 Å². The van der Waals surface area contributed by atoms with Crippen LogP contribution in [0.15, 0.2) is 23.2 Å². The molecule has 1 fully saturated rings. The van der Waals surface area contributed by atoms with Crippen LogP contribution in [0.25, 0.3) is 0 Å². The van der Waals surface area contributed by atoms with Crippen LogP contribution in [-0.4, -0.2) is 23.9 Å². The van der Waals surface area contributed by atoms with Crippen LogP contribution in [-0.2, 0) is 6.54 Å². The summed E-state index contributed by atoms with van der Waals surface area (Å²) >= 11 is 8.24. The van der Waals surface area contributed by atoms with Gasteiger partial charge in [0.15, 0.2) is 5.96 Å². The summed E-state index contributed by atoms with van der Waals surface area (Å²) < 4.78 is 1.06. The number of halogens is 2. The van der Waals surface area contributed by atoms with Gasteiger partial charge in [-0.3, -0.25) is 0 Å². The number of nitrogens with two attached hydrogens (primary N) is 1. The molecule has 0 aromatic heterocycles. The van der Waals surface area contributed by atoms with Crippen molar-refractivity contribution in [1.29, 1.82) is 0 Å². The monoisotopic (exact) mass is 349 g/mol. The van der Waals surface area contributed by atoms with Crippen LogP contribution in [0.2, 0.25) is 5.02 Å². The van der Waals surface area contributed by atoms with Crippen molar-refractivity contribution in [2.24, 2.45) is 10.7 Å². The molecule has 1 aromatic rings. The Labute approximate surface area is 114 Å². The Morgan fingerprint density at radius 1 is 1.50 bits per heavy atom. The van der Waals surface area contributed by atoms with Crippen LogP contribution < -0.4 is 5.73 Å². The first-order valence-electron chi connectivity index (χ1n) is 5.15. The van der Waals surface area contributed by atoms with E-state index in [9.17, 15) is 0 Å². The number of hydrogen-bond donors (Lipinski definition) is 1. The Hall–Kier alpha value is -0.490. The Morgan fingerprint density at radius 3 is 2.81 bits per heavy atom. The van der Waals surface area contributed by atoms with Gasteiger partial charge in [-0.25, -0.2) is 4.99 Å². The first kappa shape index (κ1) is 12.0. The van der Waals surface area contributed by atoms with E-state index >= 15 is 0 Å². The fourth-order valence-electron chi connectivity index (χ4n) is 1.46. The van der Waals surface area contributed by atoms with Crippen LogP contribution in [0.4, 0.5) is 0 Å². The number of hydrogen-bond acceptors (Lipinski definition) is 1. The van der Waals surface area contributed by atoms with Gasteiger partial charge in [-0.05, 0) is 46.7 Å². The fraction of sp³-hybridized carbons (Fsp3) is 0.364. The highest BCUT2D eigenvalue weighted by Gasteiger charge is 2.15. The molecule has 2 N–H and O–H groups in total. The molecule has 1 aromatic carbocycles. The third-order valence-corrected chi connectivity index (χ3v) is 4.16. The molecule has 1 saturated heterocycles. The molecule has 0 aliphatic carbocycles. The van der Waals surface area contributed by atoms with Gasteiger partial charge in [-0.2, -0.15) is 0 Å². The van der Waals surface area contributed by atoms with Crippen molar-refractivity contribution in [3.8, 4) is 0 Å². The summed E-state index contributed by atoms with van der Waals surface area (Å²) in [4.78, 5) is 6.42. The molecular formula is C11H13ClIN3. The molecule has 0 amide bonds. The Morgan fingerprint density at radius 2 is 2.25 bits per heavy atom. The molecular weight excluding hydrogens is 336 g/mol. The minimum atomic E-state index is 0.596. The summed E-state index contributed by atoms with van der Waals surface area (Å²) in [6.45, 7) is 2.66. The Bertz CT molecular complexity index is 416. The standard InChI is InChI=1S/C11H13ClIN3/c12-9-6-8(2-3-10(9)13)7-15-11(14)16-4-1-5-16/h2-3,6H,1,4-5,7H2,(H2,14,15). The molecule has 1 aliphatic heterocycles. The molecule has 0 radical (unpaired) electrons. The average molecular weight is 350 g/mol. The van der Waals surface area contributed by atoms with Crippen LogP contribution in [0.5, 0.6) is 0 Å². The largest absolute Gasteiger partial charge is 0.370 e. The molecule has 1 heterocycles. The van der Waals surface area contributed by atoms with E-state index < -0.39 is 0 Å². The second-order valence-corrected chi connectivity index (χ2v) is 5.33. The van der Waals surface area contributed by atoms with Gasteiger partial charge < -0.3 is 10.6 Å². The summed E-state index contributed by atoms with van der Waals surface area (Å²) in [5, 5.41) is 0.774. The molecule has 2 rings (SSSR count). The van der Waals surface area contributed by atoms with E-state index in [1.165, 1.54) is 6.42 Å². The van der Waals surface area contributed by atoms with Gasteiger partial charge in [0.25, 0.3) is 0 Å². The van der Waals surface area contributed by atoms with Crippen LogP contribution in [0.1, 0.15) is 12.0 Å². The van der Waals surface area contributed by atoms with Gasteiger partial charge in [-0.1, -0.05) is 17.7 Å². The van der Waals surface area contributed by atoms with Gasteiger partial charge in [-0.15, -0.1) is 0 Å². The number of likely N-dealkylation sites (tertiary alicyclic amines) is 1. The van der Waals surface area contributed by atoms with Gasteiger partial charge in [0.2, 0.25) is 0 Å². The quantitative estimate of drug-likeness (QED) is 0.506. The molecule has 1 aliphatic rings. The number of aliphatic imine (C=N–C) groups is 1. The van der Waals surface area contributed by atoms with E-state index in [2.05, 4.69) is 32.5 Å². The second kappa shape index (κ2) is 5.23. The third-order valence-electron chi connectivity index (χ3n) is 2.59. The maximum Gasteiger partial charge on any atom is 0.191 e. The van der Waals surface area contributed by atoms with Crippen molar-refractivity contribution in [1.82, 2.24) is 4.90 Å². The lowest BCUT2D eigenvalue weighted by Crippen LogP contribution is -2.46. The van der Waals surface area contributed by atoms with Crippen LogP contribution in [0.3, 0.4) is 0 Å². The van der Waals surface area contributed by atoms with Gasteiger partial charge >= 0.3 is 0 Å². The fourth-order valence-corrected chi connectivity index (χ4v) is 1.99. The van der Waals surface area contributed by atoms with Gasteiger partial charge in [0, 0.05) is 16.7 Å². The number of nitrogens with zero attached hydrogens (tertiary/aromatic N) is 2. The zero-order valence-electron chi connectivity index (χ0n) is 8.79. The van der Waals surface area contributed by atoms with Crippen molar-refractivity contribution in [2.45, 2.75) is 13.0 Å². The van der Waals surface area contributed by atoms with E-state index in [1.807, 2.05) is 18.2 Å². The van der Waals surface area contributed by atoms with E-state index in [-0.39, 0.29) is 0 Å². The molecule has 16 heavy (non-hydrogen) atoms. The Balaban J connectivity index is 2.00. The van der Waals surface area contributed by atoms with E-state index in [4.69, 9.17) is 17.3 Å². The summed E-state index contributed by atoms with van der Waals surface area (Å²) in [6.07, 6.45) is 1.21. The first-order valence-corrected chi connectivity index (χ1v) is 6.61. The zero-order valence-corrected chi connectivity index (χ0v) is 11.7. The molecule has 0 bridgehead atoms. The minimum Gasteiger partial charge on any atom is -0.370 e. The minimum absolute atomic E-state index is 0.596. The van der Waals surface area contributed by atoms with Crippen molar-refractivity contribution in [3.05, 3.63) is 32.4 Å². The summed E-state index contributed by atoms with van der Waals surface area (Å²) in [5.74, 6) is 0.640. The lowest BCUT2D eigenvalue weighted by Gasteiger charge is -2.31. The lowest BCUT2D eigenvalue weighted by atomic mass is 10.2.